The molecule has 0 saturated carbocycles. The van der Waals surface area contributed by atoms with Crippen molar-refractivity contribution in [3.05, 3.63) is 28.8 Å². The van der Waals surface area contributed by atoms with E-state index in [1.165, 1.54) is 7.11 Å². The fourth-order valence-electron chi connectivity index (χ4n) is 1.56. The molecule has 1 rings (SSSR count). The van der Waals surface area contributed by atoms with Gasteiger partial charge in [-0.2, -0.15) is 0 Å². The highest BCUT2D eigenvalue weighted by molar-refractivity contribution is 9.08. The number of esters is 1. The van der Waals surface area contributed by atoms with Gasteiger partial charge in [-0.1, -0.05) is 15.9 Å². The van der Waals surface area contributed by atoms with Gasteiger partial charge in [0, 0.05) is 5.33 Å². The van der Waals surface area contributed by atoms with Gasteiger partial charge in [-0.15, -0.1) is 0 Å². The van der Waals surface area contributed by atoms with Crippen molar-refractivity contribution in [2.45, 2.75) is 18.7 Å². The van der Waals surface area contributed by atoms with Gasteiger partial charge in [-0.05, 0) is 35.7 Å². The molecule has 0 saturated heterocycles. The van der Waals surface area contributed by atoms with Crippen molar-refractivity contribution in [3.8, 4) is 5.75 Å². The van der Waals surface area contributed by atoms with Crippen LogP contribution < -0.4 is 4.74 Å². The maximum Gasteiger partial charge on any atom is 0.309 e. The molecule has 0 bridgehead atoms. The number of aryl methyl sites for hydroxylation is 1. The number of methoxy groups -OCH3 is 2. The van der Waals surface area contributed by atoms with Crippen molar-refractivity contribution in [3.63, 3.8) is 0 Å². The number of carbonyl (C=O) groups is 1. The van der Waals surface area contributed by atoms with Gasteiger partial charge in [0.15, 0.2) is 0 Å². The molecule has 0 aliphatic carbocycles. The number of hydrogen-bond acceptors (Lipinski definition) is 3. The summed E-state index contributed by atoms with van der Waals surface area (Å²) >= 11 is 3.41. The van der Waals surface area contributed by atoms with Crippen LogP contribution in [-0.4, -0.2) is 20.2 Å². The second kappa shape index (κ2) is 5.89. The lowest BCUT2D eigenvalue weighted by Crippen LogP contribution is -2.08. The number of alkyl halides is 1. The van der Waals surface area contributed by atoms with Crippen LogP contribution in [0, 0.1) is 6.92 Å². The molecule has 1 aromatic carbocycles. The van der Waals surface area contributed by atoms with Gasteiger partial charge < -0.3 is 9.47 Å². The molecule has 0 amide bonds. The van der Waals surface area contributed by atoms with Crippen LogP contribution in [0.5, 0.6) is 5.75 Å². The first-order valence-corrected chi connectivity index (χ1v) is 6.03. The molecule has 0 atom stereocenters. The Morgan fingerprint density at radius 3 is 2.56 bits per heavy atom. The molecule has 0 aliphatic rings. The van der Waals surface area contributed by atoms with E-state index in [2.05, 4.69) is 20.7 Å². The Labute approximate surface area is 104 Å². The normalized spacial score (nSPS) is 10.0. The second-order valence-electron chi connectivity index (χ2n) is 3.47. The van der Waals surface area contributed by atoms with E-state index in [-0.39, 0.29) is 5.97 Å². The quantitative estimate of drug-likeness (QED) is 0.631. The molecule has 0 radical (unpaired) electrons. The van der Waals surface area contributed by atoms with Crippen LogP contribution in [0.25, 0.3) is 0 Å². The highest BCUT2D eigenvalue weighted by atomic mass is 79.9. The first-order valence-electron chi connectivity index (χ1n) is 4.91. The molecule has 4 heteroatoms. The second-order valence-corrected chi connectivity index (χ2v) is 4.03. The highest BCUT2D eigenvalue weighted by Gasteiger charge is 2.12. The molecule has 16 heavy (non-hydrogen) atoms. The third kappa shape index (κ3) is 2.98. The minimum atomic E-state index is -0.226. The summed E-state index contributed by atoms with van der Waals surface area (Å²) in [6.07, 6.45) is 0.299. The Balaban J connectivity index is 3.11. The van der Waals surface area contributed by atoms with Crippen LogP contribution >= 0.6 is 15.9 Å². The van der Waals surface area contributed by atoms with E-state index in [1.54, 1.807) is 7.11 Å². The first kappa shape index (κ1) is 13.0. The molecular formula is C12H15BrO3. The lowest BCUT2D eigenvalue weighted by atomic mass is 9.99. The summed E-state index contributed by atoms with van der Waals surface area (Å²) in [5.41, 5.74) is 3.10. The highest BCUT2D eigenvalue weighted by Crippen LogP contribution is 2.24. The minimum absolute atomic E-state index is 0.226. The molecule has 0 spiro atoms. The van der Waals surface area contributed by atoms with Crippen LogP contribution in [0.4, 0.5) is 0 Å². The fraction of sp³-hybridized carbons (Fsp3) is 0.417. The van der Waals surface area contributed by atoms with E-state index in [0.717, 1.165) is 22.4 Å². The summed E-state index contributed by atoms with van der Waals surface area (Å²) in [5, 5.41) is 0.692. The van der Waals surface area contributed by atoms with Gasteiger partial charge >= 0.3 is 5.97 Å². The zero-order valence-electron chi connectivity index (χ0n) is 9.67. The molecule has 0 fully saturated rings. The molecular weight excluding hydrogens is 272 g/mol. The van der Waals surface area contributed by atoms with Crippen molar-refractivity contribution >= 4 is 21.9 Å². The van der Waals surface area contributed by atoms with Crippen LogP contribution in [-0.2, 0) is 21.3 Å². The number of benzene rings is 1. The Bertz CT molecular complexity index is 388. The van der Waals surface area contributed by atoms with Crippen LogP contribution in [0.3, 0.4) is 0 Å². The maximum absolute atomic E-state index is 11.3. The molecule has 0 aromatic heterocycles. The summed E-state index contributed by atoms with van der Waals surface area (Å²) < 4.78 is 9.87. The summed E-state index contributed by atoms with van der Waals surface area (Å²) in [7, 11) is 3.03. The van der Waals surface area contributed by atoms with Crippen molar-refractivity contribution in [2.75, 3.05) is 14.2 Å². The van der Waals surface area contributed by atoms with Crippen molar-refractivity contribution < 1.29 is 14.3 Å². The van der Waals surface area contributed by atoms with Crippen LogP contribution in [0.15, 0.2) is 12.1 Å². The number of halogens is 1. The van der Waals surface area contributed by atoms with Crippen molar-refractivity contribution in [1.82, 2.24) is 0 Å². The predicted octanol–water partition coefficient (Wildman–Crippen LogP) is 2.61. The van der Waals surface area contributed by atoms with Gasteiger partial charge in [-0.25, -0.2) is 0 Å². The SMILES string of the molecule is COC(=O)Cc1c(C)cc(OC)cc1CBr. The van der Waals surface area contributed by atoms with Crippen LogP contribution in [0.2, 0.25) is 0 Å². The molecule has 0 aliphatic heterocycles. The fourth-order valence-corrected chi connectivity index (χ4v) is 2.06. The minimum Gasteiger partial charge on any atom is -0.497 e. The molecule has 3 nitrogen and oxygen atoms in total. The Kier molecular flexibility index (Phi) is 4.80. The van der Waals surface area contributed by atoms with E-state index >= 15 is 0 Å². The number of rotatable bonds is 4. The monoisotopic (exact) mass is 286 g/mol. The Morgan fingerprint density at radius 1 is 1.38 bits per heavy atom. The maximum atomic E-state index is 11.3. The zero-order valence-corrected chi connectivity index (χ0v) is 11.3. The van der Waals surface area contributed by atoms with E-state index in [9.17, 15) is 4.79 Å². The zero-order chi connectivity index (χ0) is 12.1. The molecule has 0 heterocycles. The third-order valence-electron chi connectivity index (χ3n) is 2.47. The molecule has 88 valence electrons. The topological polar surface area (TPSA) is 35.5 Å². The first-order chi connectivity index (χ1) is 7.62. The summed E-state index contributed by atoms with van der Waals surface area (Å²) in [6, 6.07) is 3.85. The lowest BCUT2D eigenvalue weighted by molar-refractivity contribution is -0.139. The van der Waals surface area contributed by atoms with Gasteiger partial charge in [0.25, 0.3) is 0 Å². The Hall–Kier alpha value is -1.03. The summed E-state index contributed by atoms with van der Waals surface area (Å²) in [5.74, 6) is 0.580. The smallest absolute Gasteiger partial charge is 0.309 e. The average molecular weight is 287 g/mol. The molecule has 1 aromatic rings. The van der Waals surface area contributed by atoms with Gasteiger partial charge in [0.1, 0.15) is 5.75 Å². The molecule has 0 N–H and O–H groups in total. The van der Waals surface area contributed by atoms with Crippen molar-refractivity contribution in [1.29, 1.82) is 0 Å². The van der Waals surface area contributed by atoms with Crippen molar-refractivity contribution in [2.24, 2.45) is 0 Å². The van der Waals surface area contributed by atoms with E-state index in [4.69, 9.17) is 4.74 Å². The largest absolute Gasteiger partial charge is 0.497 e. The standard InChI is InChI=1S/C12H15BrO3/c1-8-4-10(15-2)5-9(7-13)11(8)6-12(14)16-3/h4-5H,6-7H2,1-3H3. The molecule has 0 unspecified atom stereocenters. The van der Waals surface area contributed by atoms with Gasteiger partial charge in [0.05, 0.1) is 20.6 Å². The van der Waals surface area contributed by atoms with Gasteiger partial charge in [-0.3, -0.25) is 4.79 Å². The lowest BCUT2D eigenvalue weighted by Gasteiger charge is -2.12. The van der Waals surface area contributed by atoms with E-state index < -0.39 is 0 Å². The van der Waals surface area contributed by atoms with Crippen LogP contribution in [0.1, 0.15) is 16.7 Å². The van der Waals surface area contributed by atoms with Gasteiger partial charge in [0.2, 0.25) is 0 Å². The summed E-state index contributed by atoms with van der Waals surface area (Å²) in [6.45, 7) is 1.97. The third-order valence-corrected chi connectivity index (χ3v) is 3.07. The average Bonchev–Trinajstić information content (AvgIpc) is 2.30. The Morgan fingerprint density at radius 2 is 2.06 bits per heavy atom. The number of ether oxygens (including phenoxy) is 2. The van der Waals surface area contributed by atoms with E-state index in [0.29, 0.717) is 11.8 Å². The number of hydrogen-bond donors (Lipinski definition) is 0. The van der Waals surface area contributed by atoms with E-state index in [1.807, 2.05) is 19.1 Å². The number of carbonyl (C=O) groups excluding carboxylic acids is 1. The summed E-state index contributed by atoms with van der Waals surface area (Å²) in [4.78, 5) is 11.3. The predicted molar refractivity (Wildman–Crippen MR) is 66.1 cm³/mol.